The molecule has 0 fully saturated rings. The van der Waals surface area contributed by atoms with E-state index in [2.05, 4.69) is 4.98 Å². The summed E-state index contributed by atoms with van der Waals surface area (Å²) in [7, 11) is 0. The second-order valence-corrected chi connectivity index (χ2v) is 6.31. The van der Waals surface area contributed by atoms with Gasteiger partial charge in [-0.1, -0.05) is 25.4 Å². The molecule has 1 aromatic heterocycles. The van der Waals surface area contributed by atoms with Gasteiger partial charge in [0.15, 0.2) is 0 Å². The van der Waals surface area contributed by atoms with E-state index in [1.165, 1.54) is 12.1 Å². The van der Waals surface area contributed by atoms with Crippen LogP contribution in [0.1, 0.15) is 31.2 Å². The van der Waals surface area contributed by atoms with E-state index in [-0.39, 0.29) is 17.2 Å². The summed E-state index contributed by atoms with van der Waals surface area (Å²) in [4.78, 5) is 17.6. The van der Waals surface area contributed by atoms with Gasteiger partial charge in [0, 0.05) is 17.0 Å². The first-order chi connectivity index (χ1) is 10.9. The lowest BCUT2D eigenvalue weighted by Crippen LogP contribution is -2.24. The fourth-order valence-electron chi connectivity index (χ4n) is 2.60. The van der Waals surface area contributed by atoms with Gasteiger partial charge in [0.05, 0.1) is 16.6 Å². The number of halogens is 1. The number of aromatic hydroxyl groups is 1. The van der Waals surface area contributed by atoms with E-state index in [0.717, 1.165) is 11.3 Å². The maximum Gasteiger partial charge on any atom is 0.265 e. The Morgan fingerprint density at radius 2 is 1.91 bits per heavy atom. The van der Waals surface area contributed by atoms with Crippen molar-refractivity contribution in [1.82, 2.24) is 9.55 Å². The fraction of sp³-hybridized carbons (Fsp3) is 0.222. The van der Waals surface area contributed by atoms with Crippen LogP contribution < -0.4 is 5.56 Å². The highest BCUT2D eigenvalue weighted by Gasteiger charge is 2.16. The van der Waals surface area contributed by atoms with Gasteiger partial charge in [-0.2, -0.15) is 0 Å². The smallest absolute Gasteiger partial charge is 0.265 e. The summed E-state index contributed by atoms with van der Waals surface area (Å²) >= 11 is 6.09. The highest BCUT2D eigenvalue weighted by atomic mass is 35.5. The molecule has 118 valence electrons. The Balaban J connectivity index is 2.40. The summed E-state index contributed by atoms with van der Waals surface area (Å²) in [5.41, 5.74) is 1.99. The monoisotopic (exact) mass is 328 g/mol. The van der Waals surface area contributed by atoms with E-state index in [4.69, 9.17) is 11.6 Å². The Hall–Kier alpha value is -2.33. The maximum atomic E-state index is 13.0. The van der Waals surface area contributed by atoms with Gasteiger partial charge in [0.1, 0.15) is 11.6 Å². The third-order valence-electron chi connectivity index (χ3n) is 3.80. The molecule has 3 rings (SSSR count). The Bertz CT molecular complexity index is 961. The second kappa shape index (κ2) is 5.70. The van der Waals surface area contributed by atoms with Crippen LogP contribution in [0.3, 0.4) is 0 Å². The van der Waals surface area contributed by atoms with Crippen LogP contribution >= 0.6 is 11.6 Å². The Morgan fingerprint density at radius 1 is 1.17 bits per heavy atom. The molecule has 23 heavy (non-hydrogen) atoms. The minimum Gasteiger partial charge on any atom is -0.508 e. The molecule has 0 amide bonds. The van der Waals surface area contributed by atoms with Crippen LogP contribution in [-0.4, -0.2) is 14.7 Å². The van der Waals surface area contributed by atoms with Gasteiger partial charge in [0.25, 0.3) is 5.56 Å². The van der Waals surface area contributed by atoms with E-state index in [1.54, 1.807) is 16.7 Å². The number of rotatable bonds is 2. The minimum atomic E-state index is -0.152. The molecule has 0 saturated heterocycles. The van der Waals surface area contributed by atoms with Crippen LogP contribution in [0.5, 0.6) is 5.75 Å². The lowest BCUT2D eigenvalue weighted by molar-refractivity contribution is 0.476. The fourth-order valence-corrected chi connectivity index (χ4v) is 2.71. The van der Waals surface area contributed by atoms with Crippen LogP contribution in [0.4, 0.5) is 0 Å². The molecule has 0 spiro atoms. The SMILES string of the molecule is Cc1cc(-n2c(C(C)C)nc3cc(O)ccc3c2=O)ccc1Cl. The van der Waals surface area contributed by atoms with Crippen LogP contribution in [-0.2, 0) is 0 Å². The van der Waals surface area contributed by atoms with Crippen molar-refractivity contribution in [2.75, 3.05) is 0 Å². The summed E-state index contributed by atoms with van der Waals surface area (Å²) in [6.07, 6.45) is 0. The van der Waals surface area contributed by atoms with Crippen molar-refractivity contribution in [3.05, 3.63) is 63.2 Å². The molecule has 3 aromatic rings. The van der Waals surface area contributed by atoms with Gasteiger partial charge in [0.2, 0.25) is 0 Å². The van der Waals surface area contributed by atoms with Gasteiger partial charge in [-0.25, -0.2) is 4.98 Å². The van der Waals surface area contributed by atoms with Crippen molar-refractivity contribution < 1.29 is 5.11 Å². The molecule has 0 aliphatic rings. The Labute approximate surface area is 139 Å². The van der Waals surface area contributed by atoms with E-state index >= 15 is 0 Å². The van der Waals surface area contributed by atoms with Gasteiger partial charge in [-0.3, -0.25) is 9.36 Å². The number of phenolic OH excluding ortho intramolecular Hbond substituents is 1. The number of aromatic nitrogens is 2. The van der Waals surface area contributed by atoms with Gasteiger partial charge in [-0.05, 0) is 42.8 Å². The van der Waals surface area contributed by atoms with E-state index in [1.807, 2.05) is 32.9 Å². The zero-order chi connectivity index (χ0) is 16.7. The molecule has 0 atom stereocenters. The molecule has 4 nitrogen and oxygen atoms in total. The molecule has 2 aromatic carbocycles. The molecular formula is C18H17ClN2O2. The summed E-state index contributed by atoms with van der Waals surface area (Å²) < 4.78 is 1.62. The molecule has 0 bridgehead atoms. The number of benzene rings is 2. The zero-order valence-corrected chi connectivity index (χ0v) is 13.9. The van der Waals surface area contributed by atoms with E-state index in [0.29, 0.717) is 21.7 Å². The molecule has 0 aliphatic heterocycles. The predicted octanol–water partition coefficient (Wildman–Crippen LogP) is 4.18. The topological polar surface area (TPSA) is 55.1 Å². The van der Waals surface area contributed by atoms with Gasteiger partial charge >= 0.3 is 0 Å². The number of phenols is 1. The van der Waals surface area contributed by atoms with Crippen LogP contribution in [0, 0.1) is 6.92 Å². The molecule has 0 saturated carbocycles. The van der Waals surface area contributed by atoms with Gasteiger partial charge in [-0.15, -0.1) is 0 Å². The van der Waals surface area contributed by atoms with Crippen molar-refractivity contribution in [1.29, 1.82) is 0 Å². The summed E-state index contributed by atoms with van der Waals surface area (Å²) in [6.45, 7) is 5.86. The van der Waals surface area contributed by atoms with E-state index in [9.17, 15) is 9.90 Å². The highest BCUT2D eigenvalue weighted by molar-refractivity contribution is 6.31. The minimum absolute atomic E-state index is 0.0467. The first-order valence-electron chi connectivity index (χ1n) is 7.40. The number of hydrogen-bond donors (Lipinski definition) is 1. The summed E-state index contributed by atoms with van der Waals surface area (Å²) in [6, 6.07) is 10.1. The van der Waals surface area contributed by atoms with Crippen molar-refractivity contribution in [3.8, 4) is 11.4 Å². The number of hydrogen-bond acceptors (Lipinski definition) is 3. The Kier molecular flexibility index (Phi) is 3.86. The average molecular weight is 329 g/mol. The largest absolute Gasteiger partial charge is 0.508 e. The quantitative estimate of drug-likeness (QED) is 0.768. The molecule has 0 aliphatic carbocycles. The number of nitrogens with zero attached hydrogens (tertiary/aromatic N) is 2. The zero-order valence-electron chi connectivity index (χ0n) is 13.2. The molecule has 1 N–H and O–H groups in total. The van der Waals surface area contributed by atoms with Gasteiger partial charge < -0.3 is 5.11 Å². The first kappa shape index (κ1) is 15.6. The standard InChI is InChI=1S/C18H17ClN2O2/c1-10(2)17-20-16-9-13(22)5-6-14(16)18(23)21(17)12-4-7-15(19)11(3)8-12/h4-10,22H,1-3H3. The maximum absolute atomic E-state index is 13.0. The van der Waals surface area contributed by atoms with Crippen molar-refractivity contribution in [2.24, 2.45) is 0 Å². The number of aryl methyl sites for hydroxylation is 1. The van der Waals surface area contributed by atoms with Crippen molar-refractivity contribution >= 4 is 22.5 Å². The predicted molar refractivity (Wildman–Crippen MR) is 92.8 cm³/mol. The lowest BCUT2D eigenvalue weighted by atomic mass is 10.1. The molecule has 0 unspecified atom stereocenters. The van der Waals surface area contributed by atoms with E-state index < -0.39 is 0 Å². The van der Waals surface area contributed by atoms with Crippen LogP contribution in [0.25, 0.3) is 16.6 Å². The molecule has 5 heteroatoms. The average Bonchev–Trinajstić information content (AvgIpc) is 2.49. The lowest BCUT2D eigenvalue weighted by Gasteiger charge is -2.16. The molecular weight excluding hydrogens is 312 g/mol. The van der Waals surface area contributed by atoms with Crippen LogP contribution in [0.2, 0.25) is 5.02 Å². The summed E-state index contributed by atoms with van der Waals surface area (Å²) in [5, 5.41) is 10.8. The van der Waals surface area contributed by atoms with Crippen LogP contribution in [0.15, 0.2) is 41.2 Å². The molecule has 0 radical (unpaired) electrons. The second-order valence-electron chi connectivity index (χ2n) is 5.90. The van der Waals surface area contributed by atoms with Crippen molar-refractivity contribution in [2.45, 2.75) is 26.7 Å². The summed E-state index contributed by atoms with van der Waals surface area (Å²) in [5.74, 6) is 0.791. The third-order valence-corrected chi connectivity index (χ3v) is 4.22. The normalized spacial score (nSPS) is 11.3. The third kappa shape index (κ3) is 2.70. The Morgan fingerprint density at radius 3 is 2.57 bits per heavy atom. The molecule has 1 heterocycles. The highest BCUT2D eigenvalue weighted by Crippen LogP contribution is 2.23. The first-order valence-corrected chi connectivity index (χ1v) is 7.78. The van der Waals surface area contributed by atoms with Crippen molar-refractivity contribution in [3.63, 3.8) is 0 Å². The number of fused-ring (bicyclic) bond motifs is 1.